The highest BCUT2D eigenvalue weighted by Gasteiger charge is 2.25. The minimum atomic E-state index is -3.55. The lowest BCUT2D eigenvalue weighted by Gasteiger charge is -2.25. The number of sulfonamides is 1. The Labute approximate surface area is 115 Å². The molecular weight excluding hydrogens is 298 g/mol. The van der Waals surface area contributed by atoms with Gasteiger partial charge in [-0.1, -0.05) is 0 Å². The second-order valence-electron chi connectivity index (χ2n) is 4.28. The molecule has 1 heterocycles. The maximum atomic E-state index is 12.0. The number of alkyl halides is 2. The van der Waals surface area contributed by atoms with Crippen LogP contribution in [0.5, 0.6) is 0 Å². The van der Waals surface area contributed by atoms with Crippen molar-refractivity contribution in [2.75, 3.05) is 38.6 Å². The van der Waals surface area contributed by atoms with E-state index in [4.69, 9.17) is 9.84 Å². The lowest BCUT2D eigenvalue weighted by atomic mass is 10.3. The molecule has 1 unspecified atom stereocenters. The number of ether oxygens (including phenoxy) is 1. The van der Waals surface area contributed by atoms with E-state index in [1.807, 2.05) is 0 Å². The van der Waals surface area contributed by atoms with Crippen molar-refractivity contribution in [1.29, 1.82) is 0 Å². The lowest BCUT2D eigenvalue weighted by molar-refractivity contribution is -0.121. The number of aliphatic hydroxyl groups is 1. The van der Waals surface area contributed by atoms with E-state index >= 15 is 0 Å². The molecule has 0 radical (unpaired) electrons. The first-order chi connectivity index (χ1) is 9.33. The van der Waals surface area contributed by atoms with Gasteiger partial charge in [0.2, 0.25) is 15.9 Å². The zero-order valence-electron chi connectivity index (χ0n) is 10.8. The van der Waals surface area contributed by atoms with Crippen LogP contribution in [0.1, 0.15) is 6.42 Å². The molecule has 1 amide bonds. The van der Waals surface area contributed by atoms with E-state index in [1.54, 1.807) is 0 Å². The van der Waals surface area contributed by atoms with Gasteiger partial charge in [-0.3, -0.25) is 4.79 Å². The fraction of sp³-hybridized carbons (Fsp3) is 0.900. The van der Waals surface area contributed by atoms with Crippen LogP contribution in [0.3, 0.4) is 0 Å². The molecule has 1 atom stereocenters. The van der Waals surface area contributed by atoms with Gasteiger partial charge in [-0.05, 0) is 0 Å². The monoisotopic (exact) mass is 316 g/mol. The first kappa shape index (κ1) is 17.2. The van der Waals surface area contributed by atoms with E-state index in [2.05, 4.69) is 5.32 Å². The Bertz CT molecular complexity index is 412. The molecular formula is C10H18F2N2O5S. The number of morpholine rings is 1. The maximum absolute atomic E-state index is 12.0. The van der Waals surface area contributed by atoms with Gasteiger partial charge in [-0.2, -0.15) is 4.31 Å². The highest BCUT2D eigenvalue weighted by molar-refractivity contribution is 7.89. The van der Waals surface area contributed by atoms with E-state index in [1.165, 1.54) is 4.31 Å². The largest absolute Gasteiger partial charge is 0.385 e. The van der Waals surface area contributed by atoms with Crippen LogP contribution in [0.15, 0.2) is 0 Å². The molecule has 118 valence electrons. The predicted molar refractivity (Wildman–Crippen MR) is 65.8 cm³/mol. The van der Waals surface area contributed by atoms with E-state index in [0.717, 1.165) is 0 Å². The third-order valence-electron chi connectivity index (χ3n) is 2.75. The molecule has 1 aliphatic heterocycles. The van der Waals surface area contributed by atoms with Crippen molar-refractivity contribution in [3.05, 3.63) is 0 Å². The van der Waals surface area contributed by atoms with Gasteiger partial charge < -0.3 is 15.2 Å². The van der Waals surface area contributed by atoms with E-state index in [-0.39, 0.29) is 19.5 Å². The SMILES string of the molecule is O=C(CCS(=O)(=O)N1CCOCC1)NCC(O)C(F)F. The summed E-state index contributed by atoms with van der Waals surface area (Å²) in [6, 6.07) is 0. The van der Waals surface area contributed by atoms with Crippen LogP contribution in [0.25, 0.3) is 0 Å². The van der Waals surface area contributed by atoms with Gasteiger partial charge in [-0.15, -0.1) is 0 Å². The number of aliphatic hydroxyl groups excluding tert-OH is 1. The summed E-state index contributed by atoms with van der Waals surface area (Å²) in [5.41, 5.74) is 0. The van der Waals surface area contributed by atoms with Crippen LogP contribution in [0, 0.1) is 0 Å². The smallest absolute Gasteiger partial charge is 0.265 e. The first-order valence-corrected chi connectivity index (χ1v) is 7.72. The quantitative estimate of drug-likeness (QED) is 0.614. The predicted octanol–water partition coefficient (Wildman–Crippen LogP) is -1.22. The number of nitrogens with zero attached hydrogens (tertiary/aromatic N) is 1. The molecule has 1 saturated heterocycles. The summed E-state index contributed by atoms with van der Waals surface area (Å²) in [4.78, 5) is 11.3. The summed E-state index contributed by atoms with van der Waals surface area (Å²) in [5, 5.41) is 10.9. The highest BCUT2D eigenvalue weighted by atomic mass is 32.2. The summed E-state index contributed by atoms with van der Waals surface area (Å²) < 4.78 is 53.9. The van der Waals surface area contributed by atoms with E-state index in [0.29, 0.717) is 13.2 Å². The van der Waals surface area contributed by atoms with Crippen molar-refractivity contribution in [3.63, 3.8) is 0 Å². The van der Waals surface area contributed by atoms with Gasteiger partial charge in [0.15, 0.2) is 0 Å². The fourth-order valence-corrected chi connectivity index (χ4v) is 2.98. The minimum absolute atomic E-state index is 0.244. The molecule has 0 bridgehead atoms. The Kier molecular flexibility index (Phi) is 6.72. The average molecular weight is 316 g/mol. The molecule has 0 spiro atoms. The molecule has 10 heteroatoms. The maximum Gasteiger partial charge on any atom is 0.265 e. The number of carbonyl (C=O) groups excluding carboxylic acids is 1. The molecule has 0 saturated carbocycles. The van der Waals surface area contributed by atoms with Gasteiger partial charge >= 0.3 is 0 Å². The molecule has 20 heavy (non-hydrogen) atoms. The van der Waals surface area contributed by atoms with Crippen LogP contribution in [0.4, 0.5) is 8.78 Å². The van der Waals surface area contributed by atoms with Crippen molar-refractivity contribution < 1.29 is 31.8 Å². The van der Waals surface area contributed by atoms with Crippen LogP contribution >= 0.6 is 0 Å². The second-order valence-corrected chi connectivity index (χ2v) is 6.37. The number of nitrogens with one attached hydrogen (secondary N) is 1. The lowest BCUT2D eigenvalue weighted by Crippen LogP contribution is -2.43. The summed E-state index contributed by atoms with van der Waals surface area (Å²) in [6.07, 6.45) is -5.24. The topological polar surface area (TPSA) is 95.9 Å². The number of rotatable bonds is 7. The average Bonchev–Trinajstić information content (AvgIpc) is 2.43. The molecule has 1 fully saturated rings. The van der Waals surface area contributed by atoms with Gasteiger partial charge in [0.1, 0.15) is 6.10 Å². The Morgan fingerprint density at radius 2 is 1.95 bits per heavy atom. The summed E-state index contributed by atoms with van der Waals surface area (Å²) in [5.74, 6) is -1.09. The molecule has 7 nitrogen and oxygen atoms in total. The van der Waals surface area contributed by atoms with Crippen molar-refractivity contribution in [2.45, 2.75) is 19.0 Å². The van der Waals surface area contributed by atoms with Gasteiger partial charge in [0, 0.05) is 26.1 Å². The van der Waals surface area contributed by atoms with Crippen LogP contribution in [0.2, 0.25) is 0 Å². The fourth-order valence-electron chi connectivity index (χ4n) is 1.57. The Hall–Kier alpha value is -0.840. The number of hydrogen-bond donors (Lipinski definition) is 2. The van der Waals surface area contributed by atoms with Gasteiger partial charge in [-0.25, -0.2) is 17.2 Å². The molecule has 0 aromatic heterocycles. The third kappa shape index (κ3) is 5.65. The number of amides is 1. The zero-order chi connectivity index (χ0) is 15.2. The van der Waals surface area contributed by atoms with E-state index in [9.17, 15) is 22.0 Å². The Morgan fingerprint density at radius 1 is 1.35 bits per heavy atom. The molecule has 1 aliphatic rings. The Morgan fingerprint density at radius 3 is 2.50 bits per heavy atom. The van der Waals surface area contributed by atoms with E-state index < -0.39 is 40.8 Å². The minimum Gasteiger partial charge on any atom is -0.385 e. The molecule has 0 aliphatic carbocycles. The van der Waals surface area contributed by atoms with Crippen LogP contribution in [-0.2, 0) is 19.6 Å². The third-order valence-corrected chi connectivity index (χ3v) is 4.62. The number of carbonyl (C=O) groups is 1. The highest BCUT2D eigenvalue weighted by Crippen LogP contribution is 2.07. The Balaban J connectivity index is 2.32. The molecule has 0 aromatic carbocycles. The van der Waals surface area contributed by atoms with Crippen LogP contribution in [-0.4, -0.2) is 74.9 Å². The van der Waals surface area contributed by atoms with Crippen molar-refractivity contribution >= 4 is 15.9 Å². The standard InChI is InChI=1S/C10H18F2N2O5S/c11-10(12)8(15)7-13-9(16)1-6-20(17,18)14-2-4-19-5-3-14/h8,10,15H,1-7H2,(H,13,16). The molecule has 0 aromatic rings. The van der Waals surface area contributed by atoms with Crippen LogP contribution < -0.4 is 5.32 Å². The number of hydrogen-bond acceptors (Lipinski definition) is 5. The zero-order valence-corrected chi connectivity index (χ0v) is 11.6. The summed E-state index contributed by atoms with van der Waals surface area (Å²) in [6.45, 7) is 0.508. The molecule has 2 N–H and O–H groups in total. The summed E-state index contributed by atoms with van der Waals surface area (Å²) in [7, 11) is -3.55. The second kappa shape index (κ2) is 7.81. The van der Waals surface area contributed by atoms with Gasteiger partial charge in [0.05, 0.1) is 19.0 Å². The van der Waals surface area contributed by atoms with Crippen molar-refractivity contribution in [2.24, 2.45) is 0 Å². The van der Waals surface area contributed by atoms with Crippen molar-refractivity contribution in [3.8, 4) is 0 Å². The summed E-state index contributed by atoms with van der Waals surface area (Å²) >= 11 is 0. The first-order valence-electron chi connectivity index (χ1n) is 6.11. The molecule has 1 rings (SSSR count). The van der Waals surface area contributed by atoms with Crippen molar-refractivity contribution in [1.82, 2.24) is 9.62 Å². The number of halogens is 2. The normalized spacial score (nSPS) is 19.0. The van der Waals surface area contributed by atoms with Gasteiger partial charge in [0.25, 0.3) is 6.43 Å².